The number of nitrogens with one attached hydrogen (secondary N) is 1. The normalized spacial score (nSPS) is 23.9. The summed E-state index contributed by atoms with van der Waals surface area (Å²) < 4.78 is 0.967. The maximum atomic E-state index is 12.0. The number of piperazine rings is 1. The highest BCUT2D eigenvalue weighted by atomic mass is 79.9. The monoisotopic (exact) mass is 312 g/mol. The van der Waals surface area contributed by atoms with E-state index < -0.39 is 0 Å². The zero-order valence-corrected chi connectivity index (χ0v) is 11.9. The van der Waals surface area contributed by atoms with Gasteiger partial charge in [-0.25, -0.2) is 0 Å². The predicted octanol–water partition coefficient (Wildman–Crippen LogP) is 1.52. The molecule has 1 aliphatic heterocycles. The summed E-state index contributed by atoms with van der Waals surface area (Å²) in [5.74, 6) is -0.0152. The topological polar surface area (TPSA) is 52.6 Å². The third kappa shape index (κ3) is 2.67. The summed E-state index contributed by atoms with van der Waals surface area (Å²) in [4.78, 5) is 14.1. The molecule has 0 spiro atoms. The largest absolute Gasteiger partial charge is 0.396 e. The van der Waals surface area contributed by atoms with E-state index in [9.17, 15) is 4.79 Å². The second-order valence-electron chi connectivity index (χ2n) is 4.54. The summed E-state index contributed by atoms with van der Waals surface area (Å²) in [6.45, 7) is 2.74. The van der Waals surface area contributed by atoms with E-state index in [-0.39, 0.29) is 24.6 Å². The molecule has 4 nitrogen and oxygen atoms in total. The standard InChI is InChI=1S/C13H17BrN2O2/c1-9-8-16(11-5-3-2-4-10(11)14)12(6-7-17)13(18)15-9/h2-5,9,12,17H,6-8H2,1H3,(H,15,18). The molecule has 2 atom stereocenters. The SMILES string of the molecule is CC1CN(c2ccccc2Br)C(CCO)C(=O)N1. The van der Waals surface area contributed by atoms with Gasteiger partial charge in [-0.15, -0.1) is 0 Å². The molecule has 5 heteroatoms. The molecular formula is C13H17BrN2O2. The first-order valence-electron chi connectivity index (χ1n) is 6.06. The van der Waals surface area contributed by atoms with Gasteiger partial charge < -0.3 is 15.3 Å². The minimum absolute atomic E-state index is 0.00736. The number of rotatable bonds is 3. The number of carbonyl (C=O) groups excluding carboxylic acids is 1. The van der Waals surface area contributed by atoms with E-state index in [1.54, 1.807) is 0 Å². The van der Waals surface area contributed by atoms with E-state index in [4.69, 9.17) is 5.11 Å². The van der Waals surface area contributed by atoms with Crippen LogP contribution in [0.3, 0.4) is 0 Å². The summed E-state index contributed by atoms with van der Waals surface area (Å²) in [6, 6.07) is 7.65. The average molecular weight is 313 g/mol. The van der Waals surface area contributed by atoms with Crippen molar-refractivity contribution in [1.82, 2.24) is 5.32 Å². The van der Waals surface area contributed by atoms with Crippen molar-refractivity contribution in [3.05, 3.63) is 28.7 Å². The Morgan fingerprint density at radius 2 is 2.22 bits per heavy atom. The van der Waals surface area contributed by atoms with Gasteiger partial charge in [0.05, 0.1) is 5.69 Å². The number of aliphatic hydroxyl groups is 1. The second-order valence-corrected chi connectivity index (χ2v) is 5.40. The molecule has 2 unspecified atom stereocenters. The zero-order chi connectivity index (χ0) is 13.1. The molecule has 2 N–H and O–H groups in total. The Morgan fingerprint density at radius 1 is 1.50 bits per heavy atom. The minimum Gasteiger partial charge on any atom is -0.396 e. The lowest BCUT2D eigenvalue weighted by molar-refractivity contribution is -0.124. The van der Waals surface area contributed by atoms with E-state index in [2.05, 4.69) is 26.1 Å². The number of benzene rings is 1. The number of anilines is 1. The van der Waals surface area contributed by atoms with Crippen LogP contribution >= 0.6 is 15.9 Å². The van der Waals surface area contributed by atoms with Crippen LogP contribution in [0.2, 0.25) is 0 Å². The van der Waals surface area contributed by atoms with Gasteiger partial charge in [0, 0.05) is 23.7 Å². The van der Waals surface area contributed by atoms with Crippen LogP contribution < -0.4 is 10.2 Å². The van der Waals surface area contributed by atoms with Crippen LogP contribution in [0.25, 0.3) is 0 Å². The number of nitrogens with zero attached hydrogens (tertiary/aromatic N) is 1. The number of carbonyl (C=O) groups is 1. The Kier molecular flexibility index (Phi) is 4.24. The predicted molar refractivity (Wildman–Crippen MR) is 74.6 cm³/mol. The molecule has 0 radical (unpaired) electrons. The number of hydrogen-bond acceptors (Lipinski definition) is 3. The third-order valence-corrected chi connectivity index (χ3v) is 3.77. The number of halogens is 1. The lowest BCUT2D eigenvalue weighted by Crippen LogP contribution is -2.59. The van der Waals surface area contributed by atoms with Crippen molar-refractivity contribution in [2.24, 2.45) is 0 Å². The van der Waals surface area contributed by atoms with E-state index in [0.29, 0.717) is 6.42 Å². The van der Waals surface area contributed by atoms with E-state index >= 15 is 0 Å². The quantitative estimate of drug-likeness (QED) is 0.890. The molecule has 1 amide bonds. The molecule has 1 saturated heterocycles. The van der Waals surface area contributed by atoms with Crippen LogP contribution in [0, 0.1) is 0 Å². The van der Waals surface area contributed by atoms with Gasteiger partial charge in [0.15, 0.2) is 0 Å². The lowest BCUT2D eigenvalue weighted by atomic mass is 10.0. The Balaban J connectivity index is 2.32. The summed E-state index contributed by atoms with van der Waals surface area (Å²) in [5.41, 5.74) is 0.998. The van der Waals surface area contributed by atoms with Crippen molar-refractivity contribution in [2.45, 2.75) is 25.4 Å². The molecule has 0 aliphatic carbocycles. The maximum absolute atomic E-state index is 12.0. The molecule has 18 heavy (non-hydrogen) atoms. The van der Waals surface area contributed by atoms with Crippen molar-refractivity contribution in [1.29, 1.82) is 0 Å². The van der Waals surface area contributed by atoms with Gasteiger partial charge >= 0.3 is 0 Å². The highest BCUT2D eigenvalue weighted by Crippen LogP contribution is 2.29. The van der Waals surface area contributed by atoms with Crippen LogP contribution in [0.4, 0.5) is 5.69 Å². The number of para-hydroxylation sites is 1. The Bertz CT molecular complexity index is 439. The van der Waals surface area contributed by atoms with E-state index in [0.717, 1.165) is 16.7 Å². The van der Waals surface area contributed by atoms with Crippen molar-refractivity contribution < 1.29 is 9.90 Å². The molecule has 1 aromatic rings. The number of hydrogen-bond donors (Lipinski definition) is 2. The molecule has 1 aromatic carbocycles. The molecule has 1 aliphatic rings. The molecule has 2 rings (SSSR count). The molecule has 0 bridgehead atoms. The molecule has 98 valence electrons. The second kappa shape index (κ2) is 5.71. The summed E-state index contributed by atoms with van der Waals surface area (Å²) >= 11 is 3.51. The van der Waals surface area contributed by atoms with E-state index in [1.807, 2.05) is 31.2 Å². The van der Waals surface area contributed by atoms with Gasteiger partial charge in [-0.05, 0) is 41.4 Å². The summed E-state index contributed by atoms with van der Waals surface area (Å²) in [5, 5.41) is 12.0. The van der Waals surface area contributed by atoms with Gasteiger partial charge in [-0.2, -0.15) is 0 Å². The van der Waals surface area contributed by atoms with Crippen LogP contribution in [0.5, 0.6) is 0 Å². The zero-order valence-electron chi connectivity index (χ0n) is 10.3. The van der Waals surface area contributed by atoms with Gasteiger partial charge in [0.2, 0.25) is 5.91 Å². The van der Waals surface area contributed by atoms with Crippen LogP contribution in [-0.4, -0.2) is 36.2 Å². The maximum Gasteiger partial charge on any atom is 0.243 e. The third-order valence-electron chi connectivity index (χ3n) is 3.10. The first-order valence-corrected chi connectivity index (χ1v) is 6.85. The number of amides is 1. The molecule has 1 fully saturated rings. The van der Waals surface area contributed by atoms with Crippen LogP contribution in [0.1, 0.15) is 13.3 Å². The summed E-state index contributed by atoms with van der Waals surface area (Å²) in [7, 11) is 0. The Labute approximate surface area is 115 Å². The van der Waals surface area contributed by atoms with Crippen LogP contribution in [0.15, 0.2) is 28.7 Å². The first-order chi connectivity index (χ1) is 8.63. The fraction of sp³-hybridized carbons (Fsp3) is 0.462. The highest BCUT2D eigenvalue weighted by Gasteiger charge is 2.33. The first kappa shape index (κ1) is 13.4. The minimum atomic E-state index is -0.301. The Hall–Kier alpha value is -1.07. The van der Waals surface area contributed by atoms with Crippen molar-refractivity contribution in [2.75, 3.05) is 18.1 Å². The molecular weight excluding hydrogens is 296 g/mol. The van der Waals surface area contributed by atoms with Gasteiger partial charge in [-0.3, -0.25) is 4.79 Å². The molecule has 1 heterocycles. The average Bonchev–Trinajstić information content (AvgIpc) is 2.33. The molecule has 0 saturated carbocycles. The Morgan fingerprint density at radius 3 is 2.89 bits per heavy atom. The fourth-order valence-corrected chi connectivity index (χ4v) is 2.82. The van der Waals surface area contributed by atoms with Gasteiger partial charge in [0.25, 0.3) is 0 Å². The van der Waals surface area contributed by atoms with Gasteiger partial charge in [0.1, 0.15) is 6.04 Å². The molecule has 0 aromatic heterocycles. The van der Waals surface area contributed by atoms with Crippen molar-refractivity contribution in [3.8, 4) is 0 Å². The number of aliphatic hydroxyl groups excluding tert-OH is 1. The van der Waals surface area contributed by atoms with Crippen molar-refractivity contribution in [3.63, 3.8) is 0 Å². The summed E-state index contributed by atoms with van der Waals surface area (Å²) in [6.07, 6.45) is 0.444. The van der Waals surface area contributed by atoms with Crippen molar-refractivity contribution >= 4 is 27.5 Å². The fourth-order valence-electron chi connectivity index (χ4n) is 2.31. The van der Waals surface area contributed by atoms with Gasteiger partial charge in [-0.1, -0.05) is 12.1 Å². The smallest absolute Gasteiger partial charge is 0.243 e. The van der Waals surface area contributed by atoms with Crippen LogP contribution in [-0.2, 0) is 4.79 Å². The lowest BCUT2D eigenvalue weighted by Gasteiger charge is -2.40. The van der Waals surface area contributed by atoms with E-state index in [1.165, 1.54) is 0 Å². The highest BCUT2D eigenvalue weighted by molar-refractivity contribution is 9.10.